The fourth-order valence-electron chi connectivity index (χ4n) is 2.60. The van der Waals surface area contributed by atoms with Crippen LogP contribution in [-0.2, 0) is 16.1 Å². The zero-order valence-corrected chi connectivity index (χ0v) is 13.8. The molecule has 1 aliphatic carbocycles. The van der Waals surface area contributed by atoms with Crippen LogP contribution in [0.3, 0.4) is 0 Å². The summed E-state index contributed by atoms with van der Waals surface area (Å²) in [6, 6.07) is 7.64. The van der Waals surface area contributed by atoms with Gasteiger partial charge in [0.1, 0.15) is 6.61 Å². The topological polar surface area (TPSA) is 98.5 Å². The number of carbonyl (C=O) groups is 2. The molecular weight excluding hydrogens is 312 g/mol. The van der Waals surface area contributed by atoms with Crippen LogP contribution >= 0.6 is 0 Å². The van der Waals surface area contributed by atoms with Gasteiger partial charge in [-0.25, -0.2) is 4.79 Å². The number of nitro groups is 1. The Morgan fingerprint density at radius 3 is 2.54 bits per heavy atom. The van der Waals surface area contributed by atoms with Crippen LogP contribution in [0.5, 0.6) is 0 Å². The molecule has 24 heavy (non-hydrogen) atoms. The summed E-state index contributed by atoms with van der Waals surface area (Å²) in [5, 5.41) is 13.3. The highest BCUT2D eigenvalue weighted by molar-refractivity contribution is 5.91. The predicted octanol–water partition coefficient (Wildman–Crippen LogP) is 2.56. The van der Waals surface area contributed by atoms with Crippen molar-refractivity contribution in [3.63, 3.8) is 0 Å². The first kappa shape index (κ1) is 17.9. The molecule has 0 bridgehead atoms. The van der Waals surface area contributed by atoms with E-state index in [2.05, 4.69) is 5.32 Å². The van der Waals surface area contributed by atoms with Crippen LogP contribution in [0.1, 0.15) is 32.3 Å². The molecule has 1 aromatic rings. The van der Waals surface area contributed by atoms with Crippen molar-refractivity contribution in [1.29, 1.82) is 0 Å². The number of amides is 1. The van der Waals surface area contributed by atoms with Gasteiger partial charge in [0.05, 0.1) is 12.0 Å². The highest BCUT2D eigenvalue weighted by Crippen LogP contribution is 2.35. The number of ether oxygens (including phenoxy) is 1. The Morgan fingerprint density at radius 2 is 2.00 bits per heavy atom. The lowest BCUT2D eigenvalue weighted by molar-refractivity contribution is -0.497. The van der Waals surface area contributed by atoms with Crippen LogP contribution in [0.15, 0.2) is 30.3 Å². The Bertz CT molecular complexity index is 602. The van der Waals surface area contributed by atoms with Gasteiger partial charge in [-0.3, -0.25) is 14.9 Å². The van der Waals surface area contributed by atoms with Gasteiger partial charge in [0.2, 0.25) is 6.04 Å². The molecule has 1 aliphatic rings. The van der Waals surface area contributed by atoms with Gasteiger partial charge >= 0.3 is 6.09 Å². The largest absolute Gasteiger partial charge is 0.445 e. The second-order valence-electron chi connectivity index (χ2n) is 6.49. The molecule has 7 heteroatoms. The molecule has 1 N–H and O–H groups in total. The minimum atomic E-state index is -0.811. The van der Waals surface area contributed by atoms with Crippen molar-refractivity contribution < 1.29 is 19.2 Å². The van der Waals surface area contributed by atoms with E-state index in [-0.39, 0.29) is 24.7 Å². The van der Waals surface area contributed by atoms with Crippen molar-refractivity contribution in [3.8, 4) is 0 Å². The predicted molar refractivity (Wildman–Crippen MR) is 86.9 cm³/mol. The first-order valence-corrected chi connectivity index (χ1v) is 8.03. The van der Waals surface area contributed by atoms with E-state index in [1.54, 1.807) is 0 Å². The van der Waals surface area contributed by atoms with Crippen LogP contribution in [0.25, 0.3) is 0 Å². The molecular formula is C17H22N2O5. The van der Waals surface area contributed by atoms with E-state index in [1.807, 2.05) is 44.2 Å². The third-order valence-electron chi connectivity index (χ3n) is 3.95. The Kier molecular flexibility index (Phi) is 5.89. The van der Waals surface area contributed by atoms with Gasteiger partial charge in [-0.2, -0.15) is 0 Å². The maximum Gasteiger partial charge on any atom is 0.408 e. The quantitative estimate of drug-likeness (QED) is 0.582. The first-order valence-electron chi connectivity index (χ1n) is 8.03. The van der Waals surface area contributed by atoms with Crippen LogP contribution in [-0.4, -0.2) is 28.9 Å². The van der Waals surface area contributed by atoms with E-state index >= 15 is 0 Å². The van der Waals surface area contributed by atoms with Crippen LogP contribution in [0, 0.1) is 22.0 Å². The number of nitrogens with zero attached hydrogens (tertiary/aromatic N) is 1. The zero-order valence-electron chi connectivity index (χ0n) is 13.8. The molecule has 1 saturated carbocycles. The summed E-state index contributed by atoms with van der Waals surface area (Å²) in [6.07, 6.45) is -0.00219. The highest BCUT2D eigenvalue weighted by atomic mass is 16.6. The molecule has 1 fully saturated rings. The normalized spacial score (nSPS) is 20.3. The summed E-state index contributed by atoms with van der Waals surface area (Å²) in [7, 11) is 0. The second kappa shape index (κ2) is 7.90. The van der Waals surface area contributed by atoms with Gasteiger partial charge in [-0.15, -0.1) is 0 Å². The maximum atomic E-state index is 12.4. The third-order valence-corrected chi connectivity index (χ3v) is 3.95. The number of nitrogens with one attached hydrogen (secondary N) is 1. The summed E-state index contributed by atoms with van der Waals surface area (Å²) < 4.78 is 5.13. The van der Waals surface area contributed by atoms with E-state index in [4.69, 9.17) is 4.74 Å². The van der Waals surface area contributed by atoms with Crippen LogP contribution in [0.2, 0.25) is 0 Å². The molecule has 130 valence electrons. The van der Waals surface area contributed by atoms with Crippen molar-refractivity contribution in [2.75, 3.05) is 0 Å². The summed E-state index contributed by atoms with van der Waals surface area (Å²) in [5.74, 6) is -0.707. The maximum absolute atomic E-state index is 12.4. The van der Waals surface area contributed by atoms with E-state index < -0.39 is 29.0 Å². The van der Waals surface area contributed by atoms with E-state index in [0.29, 0.717) is 6.42 Å². The molecule has 1 aromatic carbocycles. The van der Waals surface area contributed by atoms with Crippen molar-refractivity contribution in [1.82, 2.24) is 5.32 Å². The molecule has 0 aromatic heterocycles. The van der Waals surface area contributed by atoms with Crippen molar-refractivity contribution in [2.45, 2.75) is 45.4 Å². The fraction of sp³-hybridized carbons (Fsp3) is 0.529. The van der Waals surface area contributed by atoms with Crippen molar-refractivity contribution in [3.05, 3.63) is 46.0 Å². The van der Waals surface area contributed by atoms with Crippen molar-refractivity contribution >= 4 is 11.9 Å². The van der Waals surface area contributed by atoms with Gasteiger partial charge in [-0.1, -0.05) is 44.2 Å². The molecule has 0 radical (unpaired) electrons. The molecule has 3 atom stereocenters. The van der Waals surface area contributed by atoms with Crippen molar-refractivity contribution in [2.24, 2.45) is 11.8 Å². The lowest BCUT2D eigenvalue weighted by atomic mass is 9.98. The number of hydrogen-bond donors (Lipinski definition) is 1. The van der Waals surface area contributed by atoms with E-state index in [1.165, 1.54) is 0 Å². The third kappa shape index (κ3) is 5.04. The van der Waals surface area contributed by atoms with Crippen LogP contribution < -0.4 is 5.32 Å². The summed E-state index contributed by atoms with van der Waals surface area (Å²) in [5.41, 5.74) is 0.843. The zero-order chi connectivity index (χ0) is 17.7. The fourth-order valence-corrected chi connectivity index (χ4v) is 2.60. The van der Waals surface area contributed by atoms with Gasteiger partial charge in [0.25, 0.3) is 0 Å². The first-order chi connectivity index (χ1) is 11.4. The molecule has 2 unspecified atom stereocenters. The average Bonchev–Trinajstić information content (AvgIpc) is 3.33. The number of rotatable bonds is 8. The molecule has 0 heterocycles. The summed E-state index contributed by atoms with van der Waals surface area (Å²) >= 11 is 0. The standard InChI is InChI=1S/C17H22N2O5/c1-11(2)8-14(16(20)13-9-15(13)19(22)23)18-17(21)24-10-12-6-4-3-5-7-12/h3-7,11,13-15H,8-10H2,1-2H3,(H,18,21)/t13?,14-,15?/m0/s1. The number of hydrogen-bond acceptors (Lipinski definition) is 5. The van der Waals surface area contributed by atoms with Gasteiger partial charge in [0, 0.05) is 11.3 Å². The molecule has 2 rings (SSSR count). The van der Waals surface area contributed by atoms with Crippen LogP contribution in [0.4, 0.5) is 4.79 Å². The highest BCUT2D eigenvalue weighted by Gasteiger charge is 2.54. The molecule has 1 amide bonds. The second-order valence-corrected chi connectivity index (χ2v) is 6.49. The Balaban J connectivity index is 1.89. The summed E-state index contributed by atoms with van der Waals surface area (Å²) in [4.78, 5) is 34.7. The Hall–Kier alpha value is -2.44. The molecule has 0 saturated heterocycles. The number of benzene rings is 1. The van der Waals surface area contributed by atoms with E-state index in [9.17, 15) is 19.7 Å². The molecule has 0 aliphatic heterocycles. The number of alkyl carbamates (subject to hydrolysis) is 1. The minimum absolute atomic E-state index is 0.107. The van der Waals surface area contributed by atoms with E-state index in [0.717, 1.165) is 5.56 Å². The Morgan fingerprint density at radius 1 is 1.33 bits per heavy atom. The van der Waals surface area contributed by atoms with Gasteiger partial charge in [-0.05, 0) is 17.9 Å². The SMILES string of the molecule is CC(C)C[C@H](NC(=O)OCc1ccccc1)C(=O)C1CC1[N+](=O)[O-]. The van der Waals surface area contributed by atoms with Gasteiger partial charge in [0.15, 0.2) is 5.78 Å². The number of Topliss-reactive ketones (excluding diaryl/α,β-unsaturated/α-hetero) is 1. The molecule has 0 spiro atoms. The molecule has 7 nitrogen and oxygen atoms in total. The average molecular weight is 334 g/mol. The monoisotopic (exact) mass is 334 g/mol. The lowest BCUT2D eigenvalue weighted by Gasteiger charge is -2.19. The lowest BCUT2D eigenvalue weighted by Crippen LogP contribution is -2.43. The Labute approximate surface area is 140 Å². The number of carbonyl (C=O) groups excluding carboxylic acids is 2. The summed E-state index contributed by atoms with van der Waals surface area (Å²) in [6.45, 7) is 3.96. The smallest absolute Gasteiger partial charge is 0.408 e. The number of ketones is 1. The minimum Gasteiger partial charge on any atom is -0.445 e. The van der Waals surface area contributed by atoms with Gasteiger partial charge < -0.3 is 10.1 Å².